The summed E-state index contributed by atoms with van der Waals surface area (Å²) in [6.07, 6.45) is 1.39. The first-order chi connectivity index (χ1) is 6.87. The zero-order chi connectivity index (χ0) is 11.9. The largest absolute Gasteiger partial charge is 0.385 e. The number of nitrogens with one attached hydrogen (secondary N) is 1. The highest BCUT2D eigenvalue weighted by molar-refractivity contribution is 5.74. The Kier molecular flexibility index (Phi) is 6.52. The van der Waals surface area contributed by atoms with Crippen molar-refractivity contribution in [2.24, 2.45) is 11.1 Å². The second-order valence-electron chi connectivity index (χ2n) is 4.86. The van der Waals surface area contributed by atoms with Crippen molar-refractivity contribution < 1.29 is 9.53 Å². The second-order valence-corrected chi connectivity index (χ2v) is 4.86. The van der Waals surface area contributed by atoms with Crippen molar-refractivity contribution >= 4 is 5.91 Å². The van der Waals surface area contributed by atoms with Crippen LogP contribution < -0.4 is 11.1 Å². The zero-order valence-corrected chi connectivity index (χ0v) is 10.3. The van der Waals surface area contributed by atoms with Crippen molar-refractivity contribution in [3.8, 4) is 0 Å². The van der Waals surface area contributed by atoms with Gasteiger partial charge in [0.25, 0.3) is 0 Å². The van der Waals surface area contributed by atoms with E-state index in [1.54, 1.807) is 7.11 Å². The molecule has 0 rings (SSSR count). The highest BCUT2D eigenvalue weighted by atomic mass is 16.5. The smallest absolute Gasteiger partial charge is 0.218 e. The number of hydrogen-bond donors (Lipinski definition) is 2. The fourth-order valence-corrected chi connectivity index (χ4v) is 1.29. The monoisotopic (exact) mass is 216 g/mol. The molecule has 0 bridgehead atoms. The van der Waals surface area contributed by atoms with Crippen LogP contribution >= 0.6 is 0 Å². The summed E-state index contributed by atoms with van der Waals surface area (Å²) in [7, 11) is 1.71. The Morgan fingerprint density at radius 1 is 1.53 bits per heavy atom. The molecule has 4 heteroatoms. The van der Waals surface area contributed by atoms with Crippen LogP contribution in [0.3, 0.4) is 0 Å². The van der Waals surface area contributed by atoms with Gasteiger partial charge in [0.05, 0.1) is 0 Å². The number of primary amides is 1. The van der Waals surface area contributed by atoms with E-state index >= 15 is 0 Å². The van der Waals surface area contributed by atoms with Gasteiger partial charge in [-0.1, -0.05) is 13.8 Å². The molecule has 1 atom stereocenters. The molecule has 0 aromatic rings. The normalized spacial score (nSPS) is 13.9. The highest BCUT2D eigenvalue weighted by Gasteiger charge is 2.18. The molecule has 0 saturated heterocycles. The van der Waals surface area contributed by atoms with Gasteiger partial charge in [-0.05, 0) is 18.8 Å². The van der Waals surface area contributed by atoms with Crippen molar-refractivity contribution in [1.29, 1.82) is 0 Å². The Morgan fingerprint density at radius 2 is 2.13 bits per heavy atom. The molecule has 0 aliphatic carbocycles. The van der Waals surface area contributed by atoms with Crippen LogP contribution in [0.4, 0.5) is 0 Å². The van der Waals surface area contributed by atoms with Crippen molar-refractivity contribution in [2.75, 3.05) is 20.3 Å². The quantitative estimate of drug-likeness (QED) is 0.633. The maximum absolute atomic E-state index is 10.7. The van der Waals surface area contributed by atoms with Gasteiger partial charge in [-0.25, -0.2) is 0 Å². The van der Waals surface area contributed by atoms with Gasteiger partial charge in [-0.3, -0.25) is 4.79 Å². The Balaban J connectivity index is 3.76. The van der Waals surface area contributed by atoms with Crippen molar-refractivity contribution in [3.63, 3.8) is 0 Å². The summed E-state index contributed by atoms with van der Waals surface area (Å²) in [5.41, 5.74) is 5.30. The lowest BCUT2D eigenvalue weighted by Crippen LogP contribution is -2.38. The summed E-state index contributed by atoms with van der Waals surface area (Å²) >= 11 is 0. The lowest BCUT2D eigenvalue weighted by Gasteiger charge is -2.26. The number of rotatable bonds is 8. The molecule has 1 unspecified atom stereocenters. The molecule has 0 aliphatic rings. The van der Waals surface area contributed by atoms with E-state index < -0.39 is 0 Å². The molecule has 90 valence electrons. The van der Waals surface area contributed by atoms with E-state index in [4.69, 9.17) is 10.5 Å². The van der Waals surface area contributed by atoms with Crippen LogP contribution in [0.2, 0.25) is 0 Å². The van der Waals surface area contributed by atoms with E-state index in [2.05, 4.69) is 19.2 Å². The third kappa shape index (κ3) is 8.39. The number of methoxy groups -OCH3 is 1. The minimum absolute atomic E-state index is 0.143. The topological polar surface area (TPSA) is 64.3 Å². The summed E-state index contributed by atoms with van der Waals surface area (Å²) in [6.45, 7) is 7.95. The number of carbonyl (C=O) groups excluding carboxylic acids is 1. The van der Waals surface area contributed by atoms with Gasteiger partial charge in [0, 0.05) is 32.7 Å². The maximum Gasteiger partial charge on any atom is 0.218 e. The molecule has 0 heterocycles. The first kappa shape index (κ1) is 14.4. The summed E-state index contributed by atoms with van der Waals surface area (Å²) in [4.78, 5) is 10.7. The molecule has 4 nitrogen and oxygen atoms in total. The lowest BCUT2D eigenvalue weighted by molar-refractivity contribution is -0.118. The van der Waals surface area contributed by atoms with Crippen molar-refractivity contribution in [2.45, 2.75) is 39.7 Å². The van der Waals surface area contributed by atoms with Gasteiger partial charge in [0.1, 0.15) is 0 Å². The van der Waals surface area contributed by atoms with Crippen LogP contribution in [-0.2, 0) is 9.53 Å². The van der Waals surface area contributed by atoms with E-state index in [0.717, 1.165) is 19.6 Å². The second kappa shape index (κ2) is 6.80. The maximum atomic E-state index is 10.7. The van der Waals surface area contributed by atoms with Gasteiger partial charge >= 0.3 is 0 Å². The molecule has 0 fully saturated rings. The van der Waals surface area contributed by atoms with Crippen LogP contribution in [0.15, 0.2) is 0 Å². The summed E-state index contributed by atoms with van der Waals surface area (Å²) in [6, 6.07) is 0.143. The van der Waals surface area contributed by atoms with Crippen LogP contribution in [0.5, 0.6) is 0 Å². The Morgan fingerprint density at radius 3 is 2.60 bits per heavy atom. The minimum Gasteiger partial charge on any atom is -0.385 e. The Bertz CT molecular complexity index is 193. The molecular formula is C11H24N2O2. The fraction of sp³-hybridized carbons (Fsp3) is 0.909. The number of amides is 1. The number of nitrogens with two attached hydrogens (primary N) is 1. The number of ether oxygens (including phenoxy) is 1. The van der Waals surface area contributed by atoms with Gasteiger partial charge in [-0.15, -0.1) is 0 Å². The van der Waals surface area contributed by atoms with Gasteiger partial charge in [0.15, 0.2) is 0 Å². The van der Waals surface area contributed by atoms with Gasteiger partial charge in [0.2, 0.25) is 5.91 Å². The summed E-state index contributed by atoms with van der Waals surface area (Å²) < 4.78 is 5.05. The van der Waals surface area contributed by atoms with Crippen LogP contribution in [0.1, 0.15) is 33.6 Å². The molecular weight excluding hydrogens is 192 g/mol. The molecule has 15 heavy (non-hydrogen) atoms. The average molecular weight is 216 g/mol. The predicted octanol–water partition coefficient (Wildman–Crippen LogP) is 0.903. The summed E-state index contributed by atoms with van der Waals surface area (Å²) in [5.74, 6) is -0.260. The predicted molar refractivity (Wildman–Crippen MR) is 61.6 cm³/mol. The van der Waals surface area contributed by atoms with E-state index in [1.165, 1.54) is 0 Å². The third-order valence-electron chi connectivity index (χ3n) is 2.42. The van der Waals surface area contributed by atoms with E-state index in [1.807, 2.05) is 6.92 Å². The highest BCUT2D eigenvalue weighted by Crippen LogP contribution is 2.18. The standard InChI is InChI=1S/C11H24N2O2/c1-9(7-10(12)14)13-8-11(2,3)5-6-15-4/h9,13H,5-8H2,1-4H3,(H2,12,14). The lowest BCUT2D eigenvalue weighted by atomic mass is 9.89. The first-order valence-electron chi connectivity index (χ1n) is 5.38. The SMILES string of the molecule is COCCC(C)(C)CNC(C)CC(N)=O. The first-order valence-corrected chi connectivity index (χ1v) is 5.38. The van der Waals surface area contributed by atoms with Gasteiger partial charge in [-0.2, -0.15) is 0 Å². The molecule has 0 spiro atoms. The molecule has 1 amide bonds. The fourth-order valence-electron chi connectivity index (χ4n) is 1.29. The van der Waals surface area contributed by atoms with E-state index in [-0.39, 0.29) is 17.4 Å². The zero-order valence-electron chi connectivity index (χ0n) is 10.3. The molecule has 0 saturated carbocycles. The molecule has 0 radical (unpaired) electrons. The molecule has 0 aromatic carbocycles. The number of hydrogen-bond acceptors (Lipinski definition) is 3. The van der Waals surface area contributed by atoms with E-state index in [0.29, 0.717) is 6.42 Å². The van der Waals surface area contributed by atoms with Crippen LogP contribution in [-0.4, -0.2) is 32.2 Å². The molecule has 3 N–H and O–H groups in total. The van der Waals surface area contributed by atoms with Gasteiger partial charge < -0.3 is 15.8 Å². The van der Waals surface area contributed by atoms with Crippen molar-refractivity contribution in [3.05, 3.63) is 0 Å². The van der Waals surface area contributed by atoms with Crippen molar-refractivity contribution in [1.82, 2.24) is 5.32 Å². The van der Waals surface area contributed by atoms with Crippen LogP contribution in [0, 0.1) is 5.41 Å². The Hall–Kier alpha value is -0.610. The summed E-state index contributed by atoms with van der Waals surface area (Å²) in [5, 5.41) is 3.31. The minimum atomic E-state index is -0.260. The average Bonchev–Trinajstić information content (AvgIpc) is 2.11. The molecule has 0 aromatic heterocycles. The molecule has 0 aliphatic heterocycles. The van der Waals surface area contributed by atoms with Crippen LogP contribution in [0.25, 0.3) is 0 Å². The van der Waals surface area contributed by atoms with E-state index in [9.17, 15) is 4.79 Å². The number of carbonyl (C=O) groups is 1. The Labute approximate surface area is 92.6 Å². The third-order valence-corrected chi connectivity index (χ3v) is 2.42.